The first-order chi connectivity index (χ1) is 5.24. The summed E-state index contributed by atoms with van der Waals surface area (Å²) in [4.78, 5) is 0. The maximum absolute atomic E-state index is 8.34. The van der Waals surface area contributed by atoms with Crippen molar-refractivity contribution in [3.8, 4) is 0 Å². The summed E-state index contributed by atoms with van der Waals surface area (Å²) < 4.78 is 0. The van der Waals surface area contributed by atoms with Gasteiger partial charge < -0.3 is 10.9 Å². The number of benzene rings is 1. The molecule has 3 heteroatoms. The first-order valence-corrected chi connectivity index (χ1v) is 3.28. The van der Waals surface area contributed by atoms with Gasteiger partial charge >= 0.3 is 0 Å². The van der Waals surface area contributed by atoms with Crippen molar-refractivity contribution in [1.29, 1.82) is 0 Å². The molecule has 3 nitrogen and oxygen atoms in total. The van der Waals surface area contributed by atoms with E-state index in [0.29, 0.717) is 0 Å². The van der Waals surface area contributed by atoms with E-state index in [4.69, 9.17) is 10.9 Å². The molecule has 0 saturated heterocycles. The Morgan fingerprint density at radius 1 is 1.55 bits per heavy atom. The van der Waals surface area contributed by atoms with Crippen LogP contribution in [0.5, 0.6) is 0 Å². The van der Waals surface area contributed by atoms with Gasteiger partial charge in [-0.2, -0.15) is 0 Å². The molecule has 58 valence electrons. The lowest BCUT2D eigenvalue weighted by Gasteiger charge is -1.98. The minimum Gasteiger partial charge on any atom is -0.409 e. The number of hydrogen-bond acceptors (Lipinski definition) is 2. The van der Waals surface area contributed by atoms with E-state index in [0.717, 1.165) is 11.1 Å². The van der Waals surface area contributed by atoms with Gasteiger partial charge in [-0.05, 0) is 13.0 Å². The number of amidine groups is 1. The molecular weight excluding hydrogens is 140 g/mol. The summed E-state index contributed by atoms with van der Waals surface area (Å²) in [5.41, 5.74) is 7.20. The van der Waals surface area contributed by atoms with E-state index in [2.05, 4.69) is 5.16 Å². The van der Waals surface area contributed by atoms with E-state index in [9.17, 15) is 0 Å². The topological polar surface area (TPSA) is 58.6 Å². The molecule has 1 aromatic carbocycles. The molecule has 0 fully saturated rings. The zero-order chi connectivity index (χ0) is 8.27. The van der Waals surface area contributed by atoms with Crippen LogP contribution in [0.2, 0.25) is 0 Å². The first kappa shape index (κ1) is 7.60. The Morgan fingerprint density at radius 2 is 2.27 bits per heavy atom. The van der Waals surface area contributed by atoms with E-state index in [1.54, 1.807) is 6.07 Å². The summed E-state index contributed by atoms with van der Waals surface area (Å²) in [5, 5.41) is 11.2. The monoisotopic (exact) mass is 150 g/mol. The van der Waals surface area contributed by atoms with E-state index >= 15 is 0 Å². The van der Waals surface area contributed by atoms with Crippen molar-refractivity contribution < 1.29 is 5.21 Å². The van der Waals surface area contributed by atoms with Gasteiger partial charge in [0.1, 0.15) is 0 Å². The average molecular weight is 150 g/mol. The fraction of sp³-hybridized carbons (Fsp3) is 0.125. The molecule has 0 heterocycles. The predicted molar refractivity (Wildman–Crippen MR) is 43.7 cm³/mol. The van der Waals surface area contributed by atoms with Crippen molar-refractivity contribution in [2.45, 2.75) is 6.92 Å². The molecule has 11 heavy (non-hydrogen) atoms. The Bertz CT molecular complexity index is 281. The number of hydrogen-bond donors (Lipinski definition) is 2. The second-order valence-electron chi connectivity index (χ2n) is 2.35. The highest BCUT2D eigenvalue weighted by Gasteiger charge is 1.96. The van der Waals surface area contributed by atoms with Crippen molar-refractivity contribution in [1.82, 2.24) is 0 Å². The molecule has 3 N–H and O–H groups in total. The summed E-state index contributed by atoms with van der Waals surface area (Å²) in [7, 11) is 0. The minimum absolute atomic E-state index is 0.147. The van der Waals surface area contributed by atoms with Crippen molar-refractivity contribution in [3.63, 3.8) is 0 Å². The van der Waals surface area contributed by atoms with Crippen LogP contribution < -0.4 is 5.73 Å². The standard InChI is InChI=1S/C8H10N2O/c1-6-3-2-4-7(5-6)8(9)10-11/h2-5,11H,1H3,(H2,9,10). The van der Waals surface area contributed by atoms with Crippen LogP contribution in [0, 0.1) is 6.92 Å². The van der Waals surface area contributed by atoms with Gasteiger partial charge in [0.15, 0.2) is 5.84 Å². The zero-order valence-corrected chi connectivity index (χ0v) is 6.28. The number of oxime groups is 1. The highest BCUT2D eigenvalue weighted by molar-refractivity contribution is 5.97. The molecule has 0 amide bonds. The number of nitrogens with two attached hydrogens (primary N) is 1. The second kappa shape index (κ2) is 3.05. The molecule has 0 bridgehead atoms. The minimum atomic E-state index is 0.147. The van der Waals surface area contributed by atoms with Gasteiger partial charge in [0.25, 0.3) is 0 Å². The fourth-order valence-electron chi connectivity index (χ4n) is 0.862. The molecule has 0 spiro atoms. The lowest BCUT2D eigenvalue weighted by atomic mass is 10.1. The number of aryl methyl sites for hydroxylation is 1. The quantitative estimate of drug-likeness (QED) is 0.272. The van der Waals surface area contributed by atoms with Crippen molar-refractivity contribution in [2.24, 2.45) is 10.9 Å². The normalized spacial score (nSPS) is 11.5. The van der Waals surface area contributed by atoms with Crippen LogP contribution in [0.4, 0.5) is 0 Å². The molecule has 0 aliphatic rings. The Hall–Kier alpha value is -1.51. The van der Waals surface area contributed by atoms with Gasteiger partial charge in [0.2, 0.25) is 0 Å². The van der Waals surface area contributed by atoms with Gasteiger partial charge in [0.05, 0.1) is 0 Å². The van der Waals surface area contributed by atoms with Crippen LogP contribution in [-0.4, -0.2) is 11.0 Å². The Kier molecular flexibility index (Phi) is 2.11. The van der Waals surface area contributed by atoms with Gasteiger partial charge in [-0.3, -0.25) is 0 Å². The molecule has 0 aliphatic carbocycles. The molecule has 0 aliphatic heterocycles. The maximum atomic E-state index is 8.34. The van der Waals surface area contributed by atoms with Crippen LogP contribution in [0.25, 0.3) is 0 Å². The Balaban J connectivity index is 3.06. The largest absolute Gasteiger partial charge is 0.409 e. The van der Waals surface area contributed by atoms with Crippen molar-refractivity contribution in [2.75, 3.05) is 0 Å². The number of nitrogens with zero attached hydrogens (tertiary/aromatic N) is 1. The molecule has 1 aromatic rings. The van der Waals surface area contributed by atoms with Gasteiger partial charge in [-0.25, -0.2) is 0 Å². The van der Waals surface area contributed by atoms with Gasteiger partial charge in [0, 0.05) is 5.56 Å². The van der Waals surface area contributed by atoms with Crippen molar-refractivity contribution in [3.05, 3.63) is 35.4 Å². The molecule has 0 atom stereocenters. The summed E-state index contributed by atoms with van der Waals surface area (Å²) in [6.07, 6.45) is 0. The van der Waals surface area contributed by atoms with E-state index in [-0.39, 0.29) is 5.84 Å². The highest BCUT2D eigenvalue weighted by atomic mass is 16.4. The lowest BCUT2D eigenvalue weighted by molar-refractivity contribution is 0.318. The average Bonchev–Trinajstić information content (AvgIpc) is 2.03. The predicted octanol–water partition coefficient (Wildman–Crippen LogP) is 1.09. The highest BCUT2D eigenvalue weighted by Crippen LogP contribution is 2.02. The third kappa shape index (κ3) is 1.70. The number of rotatable bonds is 1. The van der Waals surface area contributed by atoms with Crippen LogP contribution in [0.1, 0.15) is 11.1 Å². The van der Waals surface area contributed by atoms with Gasteiger partial charge in [-0.15, -0.1) is 0 Å². The molecule has 0 radical (unpaired) electrons. The first-order valence-electron chi connectivity index (χ1n) is 3.28. The fourth-order valence-corrected chi connectivity index (χ4v) is 0.862. The van der Waals surface area contributed by atoms with E-state index < -0.39 is 0 Å². The zero-order valence-electron chi connectivity index (χ0n) is 6.28. The second-order valence-corrected chi connectivity index (χ2v) is 2.35. The Labute approximate surface area is 65.1 Å². The summed E-state index contributed by atoms with van der Waals surface area (Å²) in [5.74, 6) is 0.147. The molecule has 1 rings (SSSR count). The summed E-state index contributed by atoms with van der Waals surface area (Å²) >= 11 is 0. The summed E-state index contributed by atoms with van der Waals surface area (Å²) in [6, 6.07) is 7.47. The van der Waals surface area contributed by atoms with Crippen LogP contribution in [-0.2, 0) is 0 Å². The summed E-state index contributed by atoms with van der Waals surface area (Å²) in [6.45, 7) is 1.95. The molecule has 0 unspecified atom stereocenters. The van der Waals surface area contributed by atoms with E-state index in [1.807, 2.05) is 25.1 Å². The SMILES string of the molecule is Cc1cccc(/C(N)=N\O)c1. The third-order valence-electron chi connectivity index (χ3n) is 1.42. The third-order valence-corrected chi connectivity index (χ3v) is 1.42. The Morgan fingerprint density at radius 3 is 2.82 bits per heavy atom. The molecular formula is C8H10N2O. The lowest BCUT2D eigenvalue weighted by Crippen LogP contribution is -2.12. The van der Waals surface area contributed by atoms with Crippen LogP contribution in [0.15, 0.2) is 29.4 Å². The molecule has 0 aromatic heterocycles. The molecule has 0 saturated carbocycles. The van der Waals surface area contributed by atoms with Crippen LogP contribution >= 0.6 is 0 Å². The van der Waals surface area contributed by atoms with E-state index in [1.165, 1.54) is 0 Å². The smallest absolute Gasteiger partial charge is 0.170 e. The van der Waals surface area contributed by atoms with Crippen LogP contribution in [0.3, 0.4) is 0 Å². The van der Waals surface area contributed by atoms with Crippen molar-refractivity contribution >= 4 is 5.84 Å². The maximum Gasteiger partial charge on any atom is 0.170 e. The van der Waals surface area contributed by atoms with Gasteiger partial charge in [-0.1, -0.05) is 28.9 Å².